The van der Waals surface area contributed by atoms with Gasteiger partial charge in [-0.2, -0.15) is 5.06 Å². The fourth-order valence-electron chi connectivity index (χ4n) is 2.42. The highest BCUT2D eigenvalue weighted by Gasteiger charge is 2.51. The van der Waals surface area contributed by atoms with E-state index in [-0.39, 0.29) is 24.1 Å². The molecule has 0 aromatic heterocycles. The molecule has 2 N–H and O–H groups in total. The minimum absolute atomic E-state index is 0.0737. The molecule has 100 valence electrons. The Kier molecular flexibility index (Phi) is 4.17. The summed E-state index contributed by atoms with van der Waals surface area (Å²) >= 11 is 0. The Morgan fingerprint density at radius 2 is 2.06 bits per heavy atom. The summed E-state index contributed by atoms with van der Waals surface area (Å²) in [5.41, 5.74) is -0.793. The average Bonchev–Trinajstić information content (AvgIpc) is 2.37. The molecule has 5 nitrogen and oxygen atoms in total. The zero-order chi connectivity index (χ0) is 13.3. The van der Waals surface area contributed by atoms with Crippen molar-refractivity contribution in [3.05, 3.63) is 0 Å². The Morgan fingerprint density at radius 1 is 1.47 bits per heavy atom. The van der Waals surface area contributed by atoms with Gasteiger partial charge in [0.1, 0.15) is 6.61 Å². The minimum atomic E-state index is -0.467. The maximum Gasteiger partial charge on any atom is 0.246 e. The first kappa shape index (κ1) is 14.4. The Morgan fingerprint density at radius 3 is 2.47 bits per heavy atom. The Bertz CT molecular complexity index is 289. The molecule has 0 spiro atoms. The van der Waals surface area contributed by atoms with Gasteiger partial charge in [0.15, 0.2) is 0 Å². The largest absolute Gasteiger partial charge is 0.372 e. The van der Waals surface area contributed by atoms with Gasteiger partial charge in [-0.15, -0.1) is 0 Å². The zero-order valence-electron chi connectivity index (χ0n) is 11.4. The van der Waals surface area contributed by atoms with E-state index in [1.807, 2.05) is 34.6 Å². The van der Waals surface area contributed by atoms with E-state index in [9.17, 15) is 10.0 Å². The number of rotatable bonds is 4. The maximum absolute atomic E-state index is 11.6. The van der Waals surface area contributed by atoms with Crippen molar-refractivity contribution >= 4 is 5.91 Å². The van der Waals surface area contributed by atoms with Crippen LogP contribution < -0.4 is 5.32 Å². The van der Waals surface area contributed by atoms with E-state index in [0.29, 0.717) is 13.0 Å². The predicted octanol–water partition coefficient (Wildman–Crippen LogP) is 1.16. The van der Waals surface area contributed by atoms with E-state index < -0.39 is 5.54 Å². The predicted molar refractivity (Wildman–Crippen MR) is 64.8 cm³/mol. The highest BCUT2D eigenvalue weighted by atomic mass is 16.5. The van der Waals surface area contributed by atoms with Crippen LogP contribution in [0.15, 0.2) is 0 Å². The second-order valence-corrected chi connectivity index (χ2v) is 5.74. The van der Waals surface area contributed by atoms with Crippen LogP contribution in [0.3, 0.4) is 0 Å². The molecule has 1 heterocycles. The second-order valence-electron chi connectivity index (χ2n) is 5.74. The zero-order valence-corrected chi connectivity index (χ0v) is 11.4. The third-order valence-corrected chi connectivity index (χ3v) is 3.45. The van der Waals surface area contributed by atoms with Crippen LogP contribution in [0.2, 0.25) is 0 Å². The number of hydroxylamine groups is 2. The number of nitrogens with one attached hydrogen (secondary N) is 1. The quantitative estimate of drug-likeness (QED) is 0.779. The van der Waals surface area contributed by atoms with E-state index in [0.717, 1.165) is 0 Å². The number of nitrogens with zero attached hydrogens (tertiary/aromatic N) is 1. The molecule has 0 bridgehead atoms. The molecular formula is C12H24N2O3. The normalized spacial score (nSPS) is 27.1. The van der Waals surface area contributed by atoms with E-state index in [1.54, 1.807) is 0 Å². The van der Waals surface area contributed by atoms with E-state index in [2.05, 4.69) is 5.32 Å². The summed E-state index contributed by atoms with van der Waals surface area (Å²) < 4.78 is 5.06. The first-order valence-electron chi connectivity index (χ1n) is 6.08. The van der Waals surface area contributed by atoms with Crippen LogP contribution in [0.4, 0.5) is 0 Å². The van der Waals surface area contributed by atoms with Crippen molar-refractivity contribution in [2.24, 2.45) is 0 Å². The second kappa shape index (κ2) is 4.92. The van der Waals surface area contributed by atoms with Gasteiger partial charge in [-0.1, -0.05) is 0 Å². The molecule has 1 amide bonds. The highest BCUT2D eigenvalue weighted by Crippen LogP contribution is 2.38. The topological polar surface area (TPSA) is 61.8 Å². The van der Waals surface area contributed by atoms with Gasteiger partial charge in [0.25, 0.3) is 0 Å². The Hall–Kier alpha value is -0.650. The molecule has 1 fully saturated rings. The molecule has 1 atom stereocenters. The highest BCUT2D eigenvalue weighted by molar-refractivity contribution is 5.77. The summed E-state index contributed by atoms with van der Waals surface area (Å²) in [5.74, 6) is -0.129. The van der Waals surface area contributed by atoms with Gasteiger partial charge in [-0.05, 0) is 41.0 Å². The van der Waals surface area contributed by atoms with E-state index in [4.69, 9.17) is 4.74 Å². The summed E-state index contributed by atoms with van der Waals surface area (Å²) in [4.78, 5) is 11.6. The summed E-state index contributed by atoms with van der Waals surface area (Å²) in [5, 5.41) is 14.4. The van der Waals surface area contributed by atoms with Crippen LogP contribution in [-0.2, 0) is 9.53 Å². The number of carbonyl (C=O) groups excluding carboxylic acids is 1. The van der Waals surface area contributed by atoms with Crippen LogP contribution in [0.5, 0.6) is 0 Å². The van der Waals surface area contributed by atoms with Gasteiger partial charge in [-0.25, -0.2) is 0 Å². The smallest absolute Gasteiger partial charge is 0.246 e. The molecular weight excluding hydrogens is 220 g/mol. The van der Waals surface area contributed by atoms with Gasteiger partial charge in [0, 0.05) is 12.1 Å². The number of hydrogen-bond acceptors (Lipinski definition) is 4. The van der Waals surface area contributed by atoms with Crippen molar-refractivity contribution in [2.45, 2.75) is 58.2 Å². The Balaban J connectivity index is 2.63. The monoisotopic (exact) mass is 244 g/mol. The number of carbonyl (C=O) groups is 1. The lowest BCUT2D eigenvalue weighted by molar-refractivity contribution is -0.194. The standard InChI is InChI=1S/C12H24N2O3/c1-6-17-8-10(15)13-9-7-11(2,3)14(16)12(9,4)5/h9,16H,6-8H2,1-5H3,(H,13,15). The summed E-state index contributed by atoms with van der Waals surface area (Å²) in [6, 6.07) is -0.0737. The number of ether oxygens (including phenoxy) is 1. The summed E-state index contributed by atoms with van der Waals surface area (Å²) in [7, 11) is 0. The molecule has 17 heavy (non-hydrogen) atoms. The molecule has 0 radical (unpaired) electrons. The van der Waals surface area contributed by atoms with Crippen molar-refractivity contribution in [1.29, 1.82) is 0 Å². The van der Waals surface area contributed by atoms with E-state index in [1.165, 1.54) is 5.06 Å². The molecule has 1 saturated heterocycles. The Labute approximate surface area is 103 Å². The molecule has 0 aromatic carbocycles. The van der Waals surface area contributed by atoms with Gasteiger partial charge in [0.05, 0.1) is 11.6 Å². The van der Waals surface area contributed by atoms with Crippen LogP contribution in [0, 0.1) is 0 Å². The molecule has 1 aliphatic heterocycles. The third-order valence-electron chi connectivity index (χ3n) is 3.45. The first-order valence-corrected chi connectivity index (χ1v) is 6.08. The molecule has 5 heteroatoms. The van der Waals surface area contributed by atoms with Gasteiger partial charge in [0.2, 0.25) is 5.91 Å². The van der Waals surface area contributed by atoms with Gasteiger partial charge in [-0.3, -0.25) is 4.79 Å². The molecule has 1 unspecified atom stereocenters. The molecule has 0 aromatic rings. The average molecular weight is 244 g/mol. The lowest BCUT2D eigenvalue weighted by Gasteiger charge is -2.35. The maximum atomic E-state index is 11.6. The van der Waals surface area contributed by atoms with Crippen molar-refractivity contribution < 1.29 is 14.7 Å². The lowest BCUT2D eigenvalue weighted by atomic mass is 9.94. The first-order chi connectivity index (χ1) is 7.71. The van der Waals surface area contributed by atoms with Gasteiger partial charge < -0.3 is 15.3 Å². The lowest BCUT2D eigenvalue weighted by Crippen LogP contribution is -2.53. The molecule has 0 aliphatic carbocycles. The summed E-state index contributed by atoms with van der Waals surface area (Å²) in [6.45, 7) is 10.2. The number of hydrogen-bond donors (Lipinski definition) is 2. The van der Waals surface area contributed by atoms with Crippen LogP contribution in [0.25, 0.3) is 0 Å². The SMILES string of the molecule is CCOCC(=O)NC1CC(C)(C)N(O)C1(C)C. The minimum Gasteiger partial charge on any atom is -0.372 e. The molecule has 0 saturated carbocycles. The summed E-state index contributed by atoms with van der Waals surface area (Å²) in [6.07, 6.45) is 0.717. The van der Waals surface area contributed by atoms with Crippen molar-refractivity contribution in [1.82, 2.24) is 10.4 Å². The van der Waals surface area contributed by atoms with Crippen LogP contribution >= 0.6 is 0 Å². The number of amides is 1. The molecule has 1 rings (SSSR count). The van der Waals surface area contributed by atoms with Crippen LogP contribution in [0.1, 0.15) is 41.0 Å². The van der Waals surface area contributed by atoms with Gasteiger partial charge >= 0.3 is 0 Å². The van der Waals surface area contributed by atoms with Crippen molar-refractivity contribution in [3.8, 4) is 0 Å². The fourth-order valence-corrected chi connectivity index (χ4v) is 2.42. The molecule has 1 aliphatic rings. The fraction of sp³-hybridized carbons (Fsp3) is 0.917. The van der Waals surface area contributed by atoms with E-state index >= 15 is 0 Å². The van der Waals surface area contributed by atoms with Crippen molar-refractivity contribution in [3.63, 3.8) is 0 Å². The third kappa shape index (κ3) is 2.97. The van der Waals surface area contributed by atoms with Crippen molar-refractivity contribution in [2.75, 3.05) is 13.2 Å². The van der Waals surface area contributed by atoms with Crippen LogP contribution in [-0.4, -0.2) is 46.5 Å².